The molecule has 0 saturated heterocycles. The highest BCUT2D eigenvalue weighted by molar-refractivity contribution is 9.11. The van der Waals surface area contributed by atoms with Crippen molar-refractivity contribution in [2.75, 3.05) is 7.05 Å². The molecule has 0 aliphatic rings. The van der Waals surface area contributed by atoms with Gasteiger partial charge in [0, 0.05) is 15.1 Å². The van der Waals surface area contributed by atoms with Gasteiger partial charge in [0.1, 0.15) is 0 Å². The molecule has 0 bridgehead atoms. The second kappa shape index (κ2) is 8.83. The zero-order valence-corrected chi connectivity index (χ0v) is 13.9. The molecule has 18 heavy (non-hydrogen) atoms. The molecule has 100 valence electrons. The number of aromatic nitrogens is 1. The lowest BCUT2D eigenvalue weighted by molar-refractivity contribution is 0.496. The Bertz CT molecular complexity index is 380. The van der Waals surface area contributed by atoms with Gasteiger partial charge in [0.25, 0.3) is 0 Å². The lowest BCUT2D eigenvalue weighted by Gasteiger charge is -2.17. The van der Waals surface area contributed by atoms with Crippen LogP contribution in [-0.4, -0.2) is 12.0 Å². The van der Waals surface area contributed by atoms with Crippen molar-refractivity contribution in [3.05, 3.63) is 39.6 Å². The number of nitrogens with one attached hydrogen (secondary N) is 1. The van der Waals surface area contributed by atoms with Crippen LogP contribution in [0, 0.1) is 0 Å². The lowest BCUT2D eigenvalue weighted by Crippen LogP contribution is -2.18. The third-order valence-corrected chi connectivity index (χ3v) is 3.98. The smallest absolute Gasteiger partial charge is 0.0715 e. The van der Waals surface area contributed by atoms with Gasteiger partial charge < -0.3 is 5.32 Å². The van der Waals surface area contributed by atoms with Crippen molar-refractivity contribution in [2.45, 2.75) is 38.1 Å². The quantitative estimate of drug-likeness (QED) is 0.510. The van der Waals surface area contributed by atoms with E-state index in [1.54, 1.807) is 0 Å². The molecule has 0 aromatic carbocycles. The molecular weight excluding hydrogens is 356 g/mol. The molecule has 0 aliphatic heterocycles. The maximum atomic E-state index is 4.49. The number of rotatable bonds is 8. The zero-order valence-electron chi connectivity index (χ0n) is 10.8. The Labute approximate surface area is 127 Å². The molecule has 1 heterocycles. The fourth-order valence-electron chi connectivity index (χ4n) is 1.91. The predicted octanol–water partition coefficient (Wildman–Crippen LogP) is 5.00. The van der Waals surface area contributed by atoms with Crippen LogP contribution >= 0.6 is 31.9 Å². The summed E-state index contributed by atoms with van der Waals surface area (Å²) in [7, 11) is 1.99. The van der Waals surface area contributed by atoms with Gasteiger partial charge in [-0.15, -0.1) is 6.58 Å². The van der Waals surface area contributed by atoms with E-state index in [-0.39, 0.29) is 0 Å². The maximum Gasteiger partial charge on any atom is 0.0715 e. The SMILES string of the molecule is C=CCCCCCC(NC)c1ncc(Br)cc1Br. The van der Waals surface area contributed by atoms with E-state index in [0.29, 0.717) is 6.04 Å². The molecule has 0 saturated carbocycles. The molecule has 1 unspecified atom stereocenters. The summed E-state index contributed by atoms with van der Waals surface area (Å²) in [5, 5.41) is 3.34. The summed E-state index contributed by atoms with van der Waals surface area (Å²) in [5.74, 6) is 0. The highest BCUT2D eigenvalue weighted by Crippen LogP contribution is 2.27. The van der Waals surface area contributed by atoms with Crippen LogP contribution in [-0.2, 0) is 0 Å². The molecule has 2 nitrogen and oxygen atoms in total. The highest BCUT2D eigenvalue weighted by Gasteiger charge is 2.13. The van der Waals surface area contributed by atoms with E-state index in [9.17, 15) is 0 Å². The van der Waals surface area contributed by atoms with Crippen molar-refractivity contribution < 1.29 is 0 Å². The van der Waals surface area contributed by atoms with E-state index in [1.807, 2.05) is 25.4 Å². The van der Waals surface area contributed by atoms with Gasteiger partial charge in [-0.25, -0.2) is 0 Å². The summed E-state index contributed by atoms with van der Waals surface area (Å²) in [6.07, 6.45) is 9.76. The van der Waals surface area contributed by atoms with Crippen LogP contribution in [0.4, 0.5) is 0 Å². The van der Waals surface area contributed by atoms with Crippen molar-refractivity contribution in [3.63, 3.8) is 0 Å². The molecule has 1 aromatic rings. The first kappa shape index (κ1) is 15.9. The van der Waals surface area contributed by atoms with Crippen LogP contribution < -0.4 is 5.32 Å². The molecular formula is C14H20Br2N2. The minimum atomic E-state index is 0.316. The summed E-state index contributed by atoms with van der Waals surface area (Å²) in [6, 6.07) is 2.36. The van der Waals surface area contributed by atoms with Gasteiger partial charge in [-0.05, 0) is 64.2 Å². The van der Waals surface area contributed by atoms with Crippen molar-refractivity contribution in [1.82, 2.24) is 10.3 Å². The molecule has 1 aromatic heterocycles. The molecule has 0 aliphatic carbocycles. The lowest BCUT2D eigenvalue weighted by atomic mass is 10.0. The number of pyridine rings is 1. The van der Waals surface area contributed by atoms with Crippen molar-refractivity contribution >= 4 is 31.9 Å². The predicted molar refractivity (Wildman–Crippen MR) is 84.7 cm³/mol. The first-order valence-electron chi connectivity index (χ1n) is 6.28. The normalized spacial score (nSPS) is 12.4. The summed E-state index contributed by atoms with van der Waals surface area (Å²) in [6.45, 7) is 3.74. The van der Waals surface area contributed by atoms with Crippen LogP contribution in [0.15, 0.2) is 33.9 Å². The van der Waals surface area contributed by atoms with Crippen LogP contribution in [0.3, 0.4) is 0 Å². The van der Waals surface area contributed by atoms with E-state index in [1.165, 1.54) is 19.3 Å². The Morgan fingerprint density at radius 2 is 2.17 bits per heavy atom. The number of nitrogens with zero attached hydrogens (tertiary/aromatic N) is 1. The molecule has 1 rings (SSSR count). The fourth-order valence-corrected chi connectivity index (χ4v) is 3.18. The van der Waals surface area contributed by atoms with Gasteiger partial charge in [-0.1, -0.05) is 18.9 Å². The average molecular weight is 376 g/mol. The summed E-state index contributed by atoms with van der Waals surface area (Å²) in [4.78, 5) is 4.49. The standard InChI is InChI=1S/C14H20Br2N2/c1-3-4-5-6-7-8-13(17-2)14-12(16)9-11(15)10-18-14/h3,9-10,13,17H,1,4-8H2,2H3. The molecule has 0 spiro atoms. The van der Waals surface area contributed by atoms with Gasteiger partial charge in [0.2, 0.25) is 0 Å². The number of hydrogen-bond acceptors (Lipinski definition) is 2. The fraction of sp³-hybridized carbons (Fsp3) is 0.500. The van der Waals surface area contributed by atoms with Crippen molar-refractivity contribution in [2.24, 2.45) is 0 Å². The summed E-state index contributed by atoms with van der Waals surface area (Å²) >= 11 is 7.00. The van der Waals surface area contributed by atoms with E-state index in [2.05, 4.69) is 48.7 Å². The topological polar surface area (TPSA) is 24.9 Å². The summed E-state index contributed by atoms with van der Waals surface area (Å²) in [5.41, 5.74) is 1.09. The Kier molecular flexibility index (Phi) is 7.79. The van der Waals surface area contributed by atoms with Gasteiger partial charge in [-0.2, -0.15) is 0 Å². The van der Waals surface area contributed by atoms with Gasteiger partial charge >= 0.3 is 0 Å². The molecule has 4 heteroatoms. The second-order valence-electron chi connectivity index (χ2n) is 4.29. The van der Waals surface area contributed by atoms with Crippen LogP contribution in [0.1, 0.15) is 43.8 Å². The van der Waals surface area contributed by atoms with Gasteiger partial charge in [0.15, 0.2) is 0 Å². The third-order valence-electron chi connectivity index (χ3n) is 2.92. The highest BCUT2D eigenvalue weighted by atomic mass is 79.9. The van der Waals surface area contributed by atoms with Gasteiger partial charge in [-0.3, -0.25) is 4.98 Å². The minimum absolute atomic E-state index is 0.316. The van der Waals surface area contributed by atoms with Crippen LogP contribution in [0.5, 0.6) is 0 Å². The largest absolute Gasteiger partial charge is 0.312 e. The Hall–Kier alpha value is -0.190. The molecule has 1 N–H and O–H groups in total. The summed E-state index contributed by atoms with van der Waals surface area (Å²) < 4.78 is 2.06. The molecule has 1 atom stereocenters. The number of hydrogen-bond donors (Lipinski definition) is 1. The van der Waals surface area contributed by atoms with Crippen molar-refractivity contribution in [1.29, 1.82) is 0 Å². The third kappa shape index (κ3) is 5.21. The number of halogens is 2. The Balaban J connectivity index is 2.52. The first-order valence-corrected chi connectivity index (χ1v) is 7.86. The first-order chi connectivity index (χ1) is 8.69. The maximum absolute atomic E-state index is 4.49. The van der Waals surface area contributed by atoms with Crippen LogP contribution in [0.2, 0.25) is 0 Å². The van der Waals surface area contributed by atoms with Crippen LogP contribution in [0.25, 0.3) is 0 Å². The zero-order chi connectivity index (χ0) is 13.4. The monoisotopic (exact) mass is 374 g/mol. The number of allylic oxidation sites excluding steroid dienone is 1. The Morgan fingerprint density at radius 3 is 2.78 bits per heavy atom. The minimum Gasteiger partial charge on any atom is -0.312 e. The Morgan fingerprint density at radius 1 is 1.39 bits per heavy atom. The van der Waals surface area contributed by atoms with E-state index in [0.717, 1.165) is 27.5 Å². The average Bonchev–Trinajstić information content (AvgIpc) is 2.35. The number of unbranched alkanes of at least 4 members (excludes halogenated alkanes) is 3. The van der Waals surface area contributed by atoms with Gasteiger partial charge in [0.05, 0.1) is 11.7 Å². The molecule has 0 radical (unpaired) electrons. The molecule has 0 fully saturated rings. The van der Waals surface area contributed by atoms with E-state index in [4.69, 9.17) is 0 Å². The van der Waals surface area contributed by atoms with E-state index < -0.39 is 0 Å². The second-order valence-corrected chi connectivity index (χ2v) is 6.06. The van der Waals surface area contributed by atoms with Crippen molar-refractivity contribution in [3.8, 4) is 0 Å². The van der Waals surface area contributed by atoms with E-state index >= 15 is 0 Å². The molecule has 0 amide bonds.